The van der Waals surface area contributed by atoms with Crippen LogP contribution in [0.1, 0.15) is 12.8 Å². The van der Waals surface area contributed by atoms with Crippen LogP contribution in [-0.2, 0) is 4.79 Å². The zero-order chi connectivity index (χ0) is 12.4. The number of amides is 1. The summed E-state index contributed by atoms with van der Waals surface area (Å²) in [4.78, 5) is 13.3. The Balaban J connectivity index is 2.26. The Hall–Kier alpha value is -1.26. The number of piperidine rings is 1. The molecule has 2 rings (SSSR count). The maximum absolute atomic E-state index is 11.7. The van der Waals surface area contributed by atoms with E-state index in [4.69, 9.17) is 16.3 Å². The Morgan fingerprint density at radius 3 is 2.94 bits per heavy atom. The number of hydrogen-bond acceptors (Lipinski definition) is 3. The number of carbonyl (C=O) groups is 1. The van der Waals surface area contributed by atoms with Crippen LogP contribution in [0.25, 0.3) is 0 Å². The van der Waals surface area contributed by atoms with Gasteiger partial charge in [0.1, 0.15) is 5.75 Å². The van der Waals surface area contributed by atoms with Crippen molar-refractivity contribution in [2.45, 2.75) is 18.9 Å². The van der Waals surface area contributed by atoms with Crippen LogP contribution in [0.4, 0.5) is 5.69 Å². The topological polar surface area (TPSA) is 49.8 Å². The number of β-amino-alcohol motifs (C(OH)–C–C–N with tert-alkyl or cyclic N) is 1. The maximum Gasteiger partial charge on any atom is 0.227 e. The molecular formula is C12H14ClNO3. The van der Waals surface area contributed by atoms with Gasteiger partial charge in [-0.25, -0.2) is 0 Å². The van der Waals surface area contributed by atoms with Crippen molar-refractivity contribution in [3.63, 3.8) is 0 Å². The molecule has 1 aromatic carbocycles. The molecule has 0 aromatic heterocycles. The summed E-state index contributed by atoms with van der Waals surface area (Å²) in [6.45, 7) is 0.321. The highest BCUT2D eigenvalue weighted by Crippen LogP contribution is 2.30. The number of ether oxygens (including phenoxy) is 1. The van der Waals surface area contributed by atoms with Gasteiger partial charge in [0.25, 0.3) is 0 Å². The van der Waals surface area contributed by atoms with Crippen molar-refractivity contribution >= 4 is 23.2 Å². The van der Waals surface area contributed by atoms with Gasteiger partial charge in [0, 0.05) is 12.1 Å². The number of halogens is 1. The van der Waals surface area contributed by atoms with E-state index in [9.17, 15) is 9.90 Å². The van der Waals surface area contributed by atoms with Crippen molar-refractivity contribution in [1.29, 1.82) is 0 Å². The van der Waals surface area contributed by atoms with E-state index in [0.29, 0.717) is 35.8 Å². The maximum atomic E-state index is 11.7. The van der Waals surface area contributed by atoms with Gasteiger partial charge in [0.15, 0.2) is 0 Å². The van der Waals surface area contributed by atoms with Gasteiger partial charge in [0.05, 0.1) is 24.8 Å². The lowest BCUT2D eigenvalue weighted by atomic mass is 10.1. The predicted molar refractivity (Wildman–Crippen MR) is 65.6 cm³/mol. The molecule has 1 unspecified atom stereocenters. The number of nitrogens with zero attached hydrogens (tertiary/aromatic N) is 1. The van der Waals surface area contributed by atoms with Gasteiger partial charge in [-0.1, -0.05) is 11.6 Å². The zero-order valence-corrected chi connectivity index (χ0v) is 10.3. The van der Waals surface area contributed by atoms with Crippen LogP contribution in [-0.4, -0.2) is 30.8 Å². The number of methoxy groups -OCH3 is 1. The van der Waals surface area contributed by atoms with Crippen LogP contribution in [0.15, 0.2) is 18.2 Å². The van der Waals surface area contributed by atoms with Crippen LogP contribution in [0, 0.1) is 0 Å². The second-order valence-corrected chi connectivity index (χ2v) is 4.42. The first-order valence-electron chi connectivity index (χ1n) is 5.44. The first kappa shape index (κ1) is 12.2. The van der Waals surface area contributed by atoms with Crippen LogP contribution < -0.4 is 9.64 Å². The van der Waals surface area contributed by atoms with Gasteiger partial charge in [-0.15, -0.1) is 0 Å². The molecule has 0 bridgehead atoms. The molecule has 0 spiro atoms. The first-order valence-corrected chi connectivity index (χ1v) is 5.81. The second-order valence-electron chi connectivity index (χ2n) is 4.02. The number of benzene rings is 1. The summed E-state index contributed by atoms with van der Waals surface area (Å²) < 4.78 is 5.05. The second kappa shape index (κ2) is 4.94. The van der Waals surface area contributed by atoms with E-state index >= 15 is 0 Å². The highest BCUT2D eigenvalue weighted by atomic mass is 35.5. The number of anilines is 1. The summed E-state index contributed by atoms with van der Waals surface area (Å²) in [5, 5.41) is 10.0. The minimum atomic E-state index is -0.464. The van der Waals surface area contributed by atoms with E-state index in [-0.39, 0.29) is 5.91 Å². The highest BCUT2D eigenvalue weighted by molar-refractivity contribution is 6.32. The molecule has 0 radical (unpaired) electrons. The number of carbonyl (C=O) groups excluding carboxylic acids is 1. The number of aliphatic hydroxyl groups excluding tert-OH is 1. The van der Waals surface area contributed by atoms with Gasteiger partial charge < -0.3 is 14.7 Å². The third-order valence-electron chi connectivity index (χ3n) is 2.83. The lowest BCUT2D eigenvalue weighted by Gasteiger charge is -2.30. The van der Waals surface area contributed by atoms with Gasteiger partial charge in [0.2, 0.25) is 5.91 Å². The molecule has 5 heteroatoms. The molecule has 92 valence electrons. The van der Waals surface area contributed by atoms with Gasteiger partial charge in [-0.2, -0.15) is 0 Å². The van der Waals surface area contributed by atoms with Crippen molar-refractivity contribution in [3.8, 4) is 5.75 Å². The van der Waals surface area contributed by atoms with Crippen LogP contribution in [0.3, 0.4) is 0 Å². The molecule has 1 aliphatic heterocycles. The van der Waals surface area contributed by atoms with Crippen LogP contribution in [0.2, 0.25) is 5.02 Å². The molecule has 1 aliphatic rings. The van der Waals surface area contributed by atoms with Gasteiger partial charge in [-0.3, -0.25) is 4.79 Å². The largest absolute Gasteiger partial charge is 0.495 e. The minimum Gasteiger partial charge on any atom is -0.495 e. The summed E-state index contributed by atoms with van der Waals surface area (Å²) in [5.74, 6) is 0.581. The van der Waals surface area contributed by atoms with Crippen LogP contribution >= 0.6 is 11.6 Å². The smallest absolute Gasteiger partial charge is 0.227 e. The molecule has 1 heterocycles. The Morgan fingerprint density at radius 2 is 2.29 bits per heavy atom. The molecule has 1 atom stereocenters. The lowest BCUT2D eigenvalue weighted by Crippen LogP contribution is -2.42. The lowest BCUT2D eigenvalue weighted by molar-refractivity contribution is -0.121. The molecule has 17 heavy (non-hydrogen) atoms. The van der Waals surface area contributed by atoms with Gasteiger partial charge >= 0.3 is 0 Å². The minimum absolute atomic E-state index is 0.0107. The van der Waals surface area contributed by atoms with Crippen LogP contribution in [0.5, 0.6) is 5.75 Å². The average Bonchev–Trinajstić information content (AvgIpc) is 2.32. The van der Waals surface area contributed by atoms with E-state index in [1.807, 2.05) is 0 Å². The van der Waals surface area contributed by atoms with E-state index in [0.717, 1.165) is 0 Å². The van der Waals surface area contributed by atoms with E-state index in [2.05, 4.69) is 0 Å². The summed E-state index contributed by atoms with van der Waals surface area (Å²) >= 11 is 6.01. The molecule has 1 aromatic rings. The molecule has 1 amide bonds. The summed E-state index contributed by atoms with van der Waals surface area (Å²) in [6.07, 6.45) is 0.429. The van der Waals surface area contributed by atoms with Crippen molar-refractivity contribution < 1.29 is 14.6 Å². The van der Waals surface area contributed by atoms with Gasteiger partial charge in [-0.05, 0) is 24.6 Å². The fourth-order valence-electron chi connectivity index (χ4n) is 1.90. The molecule has 1 saturated heterocycles. The Labute approximate surface area is 105 Å². The Morgan fingerprint density at radius 1 is 1.53 bits per heavy atom. The first-order chi connectivity index (χ1) is 8.11. The molecule has 0 aliphatic carbocycles. The number of aliphatic hydroxyl groups is 1. The van der Waals surface area contributed by atoms with Crippen molar-refractivity contribution in [3.05, 3.63) is 23.2 Å². The quantitative estimate of drug-likeness (QED) is 0.877. The molecular weight excluding hydrogens is 242 g/mol. The molecule has 1 N–H and O–H groups in total. The van der Waals surface area contributed by atoms with E-state index in [1.165, 1.54) is 7.11 Å². The Kier molecular flexibility index (Phi) is 3.54. The average molecular weight is 256 g/mol. The summed E-state index contributed by atoms with van der Waals surface area (Å²) in [7, 11) is 1.54. The normalized spacial score (nSPS) is 20.5. The third-order valence-corrected chi connectivity index (χ3v) is 3.13. The number of hydrogen-bond donors (Lipinski definition) is 1. The SMILES string of the molecule is COc1ccc(N2CC(O)CCC2=O)cc1Cl. The van der Waals surface area contributed by atoms with E-state index < -0.39 is 6.10 Å². The van der Waals surface area contributed by atoms with Crippen molar-refractivity contribution in [2.75, 3.05) is 18.6 Å². The molecule has 0 saturated carbocycles. The van der Waals surface area contributed by atoms with E-state index in [1.54, 1.807) is 23.1 Å². The molecule has 1 fully saturated rings. The highest BCUT2D eigenvalue weighted by Gasteiger charge is 2.25. The summed E-state index contributed by atoms with van der Waals surface area (Å²) in [5.41, 5.74) is 0.694. The monoisotopic (exact) mass is 255 g/mol. The zero-order valence-electron chi connectivity index (χ0n) is 9.52. The number of rotatable bonds is 2. The van der Waals surface area contributed by atoms with Crippen molar-refractivity contribution in [1.82, 2.24) is 0 Å². The third kappa shape index (κ3) is 2.53. The fraction of sp³-hybridized carbons (Fsp3) is 0.417. The summed E-state index contributed by atoms with van der Waals surface area (Å²) in [6, 6.07) is 5.16. The fourth-order valence-corrected chi connectivity index (χ4v) is 2.15. The van der Waals surface area contributed by atoms with Crippen molar-refractivity contribution in [2.24, 2.45) is 0 Å². The molecule has 4 nitrogen and oxygen atoms in total. The Bertz CT molecular complexity index is 436. The predicted octanol–water partition coefficient (Wildman–Crippen LogP) is 1.84. The standard InChI is InChI=1S/C12H14ClNO3/c1-17-11-4-2-8(6-10(11)13)14-7-9(15)3-5-12(14)16/h2,4,6,9,15H,3,5,7H2,1H3.